The largest absolute Gasteiger partial charge is 0.507 e. The van der Waals surface area contributed by atoms with Crippen molar-refractivity contribution in [2.75, 3.05) is 4.90 Å². The van der Waals surface area contributed by atoms with Gasteiger partial charge >= 0.3 is 5.97 Å². The van der Waals surface area contributed by atoms with Crippen LogP contribution in [0.25, 0.3) is 0 Å². The number of aromatic hydroxyl groups is 1. The summed E-state index contributed by atoms with van der Waals surface area (Å²) < 4.78 is 0. The van der Waals surface area contributed by atoms with E-state index >= 15 is 0 Å². The van der Waals surface area contributed by atoms with Crippen LogP contribution in [0.3, 0.4) is 0 Å². The number of carboxylic acid groups (broad SMARTS) is 1. The molecule has 2 N–H and O–H groups in total. The van der Waals surface area contributed by atoms with Gasteiger partial charge in [0.25, 0.3) is 11.8 Å². The standard InChI is InChI=1S/C15H13NO5/c17-12-7-8(5-6-11(12)15(20)21)16-13(18)9-3-1-2-4-10(9)14(16)19/h5-7,17H,1-4H2,(H,20,21). The lowest BCUT2D eigenvalue weighted by Gasteiger charge is -2.15. The number of nitrogens with zero attached hydrogens (tertiary/aromatic N) is 1. The molecule has 0 bridgehead atoms. The zero-order chi connectivity index (χ0) is 15.1. The van der Waals surface area contributed by atoms with Crippen LogP contribution in [0.4, 0.5) is 5.69 Å². The summed E-state index contributed by atoms with van der Waals surface area (Å²) in [7, 11) is 0. The second kappa shape index (κ2) is 4.73. The van der Waals surface area contributed by atoms with Crippen molar-refractivity contribution >= 4 is 23.5 Å². The molecule has 0 spiro atoms. The molecule has 0 fully saturated rings. The molecule has 1 aliphatic heterocycles. The van der Waals surface area contributed by atoms with Gasteiger partial charge in [-0.1, -0.05) is 0 Å². The second-order valence-corrected chi connectivity index (χ2v) is 5.12. The third-order valence-corrected chi connectivity index (χ3v) is 3.86. The summed E-state index contributed by atoms with van der Waals surface area (Å²) in [5.74, 6) is -2.46. The van der Waals surface area contributed by atoms with Gasteiger partial charge in [-0.25, -0.2) is 9.69 Å². The van der Waals surface area contributed by atoms with Crippen LogP contribution < -0.4 is 4.90 Å². The number of carbonyl (C=O) groups is 3. The molecule has 6 nitrogen and oxygen atoms in total. The summed E-state index contributed by atoms with van der Waals surface area (Å²) in [6.45, 7) is 0. The lowest BCUT2D eigenvalue weighted by atomic mass is 9.93. The molecular weight excluding hydrogens is 274 g/mol. The number of aromatic carboxylic acids is 1. The van der Waals surface area contributed by atoms with Crippen LogP contribution >= 0.6 is 0 Å². The first-order valence-corrected chi connectivity index (χ1v) is 6.68. The Balaban J connectivity index is 1.99. The van der Waals surface area contributed by atoms with Crippen LogP contribution in [0.5, 0.6) is 5.75 Å². The van der Waals surface area contributed by atoms with E-state index in [1.165, 1.54) is 12.1 Å². The number of anilines is 1. The molecule has 0 unspecified atom stereocenters. The van der Waals surface area contributed by atoms with E-state index in [9.17, 15) is 19.5 Å². The highest BCUT2D eigenvalue weighted by Crippen LogP contribution is 2.36. The SMILES string of the molecule is O=C(O)c1ccc(N2C(=O)C3=C(CCCC3)C2=O)cc1O. The molecule has 0 saturated carbocycles. The van der Waals surface area contributed by atoms with Crippen molar-refractivity contribution in [1.82, 2.24) is 0 Å². The minimum Gasteiger partial charge on any atom is -0.507 e. The Morgan fingerprint density at radius 3 is 2.10 bits per heavy atom. The zero-order valence-corrected chi connectivity index (χ0v) is 11.1. The molecule has 108 valence electrons. The highest BCUT2D eigenvalue weighted by molar-refractivity contribution is 6.33. The molecule has 1 heterocycles. The molecular formula is C15H13NO5. The molecule has 0 atom stereocenters. The topological polar surface area (TPSA) is 94.9 Å². The minimum atomic E-state index is -1.27. The first-order valence-electron chi connectivity index (χ1n) is 6.68. The van der Waals surface area contributed by atoms with Crippen molar-refractivity contribution in [1.29, 1.82) is 0 Å². The van der Waals surface area contributed by atoms with Crippen molar-refractivity contribution in [2.24, 2.45) is 0 Å². The summed E-state index contributed by atoms with van der Waals surface area (Å²) in [6.07, 6.45) is 2.95. The predicted octanol–water partition coefficient (Wildman–Crippen LogP) is 1.83. The fourth-order valence-electron chi connectivity index (χ4n) is 2.81. The Bertz CT molecular complexity index is 676. The highest BCUT2D eigenvalue weighted by atomic mass is 16.4. The molecule has 3 rings (SSSR count). The number of carboxylic acids is 1. The molecule has 21 heavy (non-hydrogen) atoms. The maximum absolute atomic E-state index is 12.3. The van der Waals surface area contributed by atoms with Gasteiger partial charge in [-0.15, -0.1) is 0 Å². The van der Waals surface area contributed by atoms with E-state index in [2.05, 4.69) is 0 Å². The van der Waals surface area contributed by atoms with Gasteiger partial charge < -0.3 is 10.2 Å². The van der Waals surface area contributed by atoms with Crippen molar-refractivity contribution in [3.05, 3.63) is 34.9 Å². The number of phenols is 1. The number of carbonyl (C=O) groups excluding carboxylic acids is 2. The summed E-state index contributed by atoms with van der Waals surface area (Å²) in [5.41, 5.74) is 1.03. The van der Waals surface area contributed by atoms with Crippen LogP contribution in [0.1, 0.15) is 36.0 Å². The predicted molar refractivity (Wildman–Crippen MR) is 73.1 cm³/mol. The molecule has 0 saturated heterocycles. The van der Waals surface area contributed by atoms with Crippen LogP contribution in [-0.2, 0) is 9.59 Å². The maximum atomic E-state index is 12.3. The lowest BCUT2D eigenvalue weighted by Crippen LogP contribution is -2.31. The Kier molecular flexibility index (Phi) is 3.01. The van der Waals surface area contributed by atoms with Gasteiger partial charge in [0.05, 0.1) is 5.69 Å². The van der Waals surface area contributed by atoms with Gasteiger partial charge in [-0.05, 0) is 37.8 Å². The van der Waals surface area contributed by atoms with E-state index < -0.39 is 11.7 Å². The first-order chi connectivity index (χ1) is 10.0. The third kappa shape index (κ3) is 1.99. The third-order valence-electron chi connectivity index (χ3n) is 3.86. The lowest BCUT2D eigenvalue weighted by molar-refractivity contribution is -0.120. The molecule has 1 aromatic rings. The quantitative estimate of drug-likeness (QED) is 0.809. The summed E-state index contributed by atoms with van der Waals surface area (Å²) >= 11 is 0. The molecule has 2 aliphatic rings. The number of amides is 2. The normalized spacial score (nSPS) is 18.2. The number of imide groups is 1. The Labute approximate surface area is 120 Å². The number of rotatable bonds is 2. The Morgan fingerprint density at radius 1 is 1.05 bits per heavy atom. The van der Waals surface area contributed by atoms with Gasteiger partial charge in [-0.3, -0.25) is 9.59 Å². The Hall–Kier alpha value is -2.63. The van der Waals surface area contributed by atoms with E-state index in [-0.39, 0.29) is 23.1 Å². The van der Waals surface area contributed by atoms with Gasteiger partial charge in [0.2, 0.25) is 0 Å². The zero-order valence-electron chi connectivity index (χ0n) is 11.1. The van der Waals surface area contributed by atoms with E-state index in [1.807, 2.05) is 0 Å². The molecule has 1 aromatic carbocycles. The highest BCUT2D eigenvalue weighted by Gasteiger charge is 2.39. The summed E-state index contributed by atoms with van der Waals surface area (Å²) in [4.78, 5) is 36.5. The number of hydrogen-bond acceptors (Lipinski definition) is 4. The van der Waals surface area contributed by atoms with E-state index in [4.69, 9.17) is 5.11 Å². The summed E-state index contributed by atoms with van der Waals surface area (Å²) in [6, 6.07) is 3.68. The van der Waals surface area contributed by atoms with Crippen LogP contribution in [0.15, 0.2) is 29.3 Å². The molecule has 0 aromatic heterocycles. The average Bonchev–Trinajstić information content (AvgIpc) is 2.71. The first kappa shape index (κ1) is 13.4. The van der Waals surface area contributed by atoms with Crippen molar-refractivity contribution in [3.8, 4) is 5.75 Å². The molecule has 6 heteroatoms. The van der Waals surface area contributed by atoms with E-state index in [0.29, 0.717) is 24.0 Å². The van der Waals surface area contributed by atoms with Gasteiger partial charge in [-0.2, -0.15) is 0 Å². The van der Waals surface area contributed by atoms with Crippen molar-refractivity contribution in [2.45, 2.75) is 25.7 Å². The maximum Gasteiger partial charge on any atom is 0.339 e. The monoisotopic (exact) mass is 287 g/mol. The fourth-order valence-corrected chi connectivity index (χ4v) is 2.81. The molecule has 2 amide bonds. The van der Waals surface area contributed by atoms with Crippen molar-refractivity contribution < 1.29 is 24.6 Å². The fraction of sp³-hybridized carbons (Fsp3) is 0.267. The average molecular weight is 287 g/mol. The number of hydrogen-bond donors (Lipinski definition) is 2. The molecule has 1 aliphatic carbocycles. The second-order valence-electron chi connectivity index (χ2n) is 5.12. The minimum absolute atomic E-state index is 0.196. The van der Waals surface area contributed by atoms with Gasteiger partial charge in [0, 0.05) is 17.2 Å². The van der Waals surface area contributed by atoms with Crippen LogP contribution in [0, 0.1) is 0 Å². The van der Waals surface area contributed by atoms with E-state index in [0.717, 1.165) is 23.8 Å². The van der Waals surface area contributed by atoms with Crippen LogP contribution in [0.2, 0.25) is 0 Å². The number of benzene rings is 1. The van der Waals surface area contributed by atoms with Crippen LogP contribution in [-0.4, -0.2) is 28.0 Å². The summed E-state index contributed by atoms with van der Waals surface area (Å²) in [5, 5.41) is 18.6. The molecule has 0 radical (unpaired) electrons. The van der Waals surface area contributed by atoms with Gasteiger partial charge in [0.1, 0.15) is 11.3 Å². The van der Waals surface area contributed by atoms with E-state index in [1.54, 1.807) is 0 Å². The Morgan fingerprint density at radius 2 is 1.62 bits per heavy atom. The smallest absolute Gasteiger partial charge is 0.339 e. The van der Waals surface area contributed by atoms with Crippen molar-refractivity contribution in [3.63, 3.8) is 0 Å². The van der Waals surface area contributed by atoms with Gasteiger partial charge in [0.15, 0.2) is 0 Å².